The van der Waals surface area contributed by atoms with Crippen molar-refractivity contribution in [1.82, 2.24) is 15.3 Å². The van der Waals surface area contributed by atoms with Crippen LogP contribution < -0.4 is 16.0 Å². The second-order valence-corrected chi connectivity index (χ2v) is 5.02. The van der Waals surface area contributed by atoms with Crippen molar-refractivity contribution >= 4 is 33.6 Å². The van der Waals surface area contributed by atoms with Gasteiger partial charge in [0.15, 0.2) is 0 Å². The van der Waals surface area contributed by atoms with Crippen molar-refractivity contribution in [3.05, 3.63) is 10.7 Å². The Kier molecular flexibility index (Phi) is 5.33. The van der Waals surface area contributed by atoms with Gasteiger partial charge in [0.25, 0.3) is 0 Å². The molecule has 3 N–H and O–H groups in total. The molecule has 1 aromatic heterocycles. The maximum atomic E-state index is 11.8. The lowest BCUT2D eigenvalue weighted by Gasteiger charge is -2.17. The Labute approximate surface area is 115 Å². The van der Waals surface area contributed by atoms with E-state index in [0.29, 0.717) is 16.2 Å². The molecule has 1 heterocycles. The van der Waals surface area contributed by atoms with E-state index in [2.05, 4.69) is 41.8 Å². The molecule has 0 saturated heterocycles. The van der Waals surface area contributed by atoms with Crippen LogP contribution >= 0.6 is 15.9 Å². The van der Waals surface area contributed by atoms with E-state index < -0.39 is 0 Å². The van der Waals surface area contributed by atoms with Gasteiger partial charge in [-0.1, -0.05) is 0 Å². The van der Waals surface area contributed by atoms with Crippen LogP contribution in [0.1, 0.15) is 20.8 Å². The van der Waals surface area contributed by atoms with Gasteiger partial charge in [-0.15, -0.1) is 0 Å². The lowest BCUT2D eigenvalue weighted by Crippen LogP contribution is -2.41. The normalized spacial score (nSPS) is 12.1. The van der Waals surface area contributed by atoms with Crippen molar-refractivity contribution in [3.8, 4) is 0 Å². The monoisotopic (exact) mass is 315 g/mol. The predicted octanol–water partition coefficient (Wildman–Crippen LogP) is 1.61. The number of carbonyl (C=O) groups excluding carboxylic acids is 1. The number of nitrogens with zero attached hydrogens (tertiary/aromatic N) is 2. The molecule has 6 nitrogen and oxygen atoms in total. The number of rotatable bonds is 5. The first-order valence-electron chi connectivity index (χ1n) is 5.71. The summed E-state index contributed by atoms with van der Waals surface area (Å²) in [6.45, 7) is 5.62. The highest BCUT2D eigenvalue weighted by molar-refractivity contribution is 9.10. The Morgan fingerprint density at radius 2 is 2.06 bits per heavy atom. The molecular weight excluding hydrogens is 298 g/mol. The molecule has 0 aliphatic heterocycles. The van der Waals surface area contributed by atoms with Gasteiger partial charge in [0.1, 0.15) is 11.9 Å². The van der Waals surface area contributed by atoms with Gasteiger partial charge >= 0.3 is 0 Å². The Balaban J connectivity index is 2.74. The Bertz CT molecular complexity index is 424. The lowest BCUT2D eigenvalue weighted by molar-refractivity contribution is -0.122. The third-order valence-electron chi connectivity index (χ3n) is 2.15. The van der Waals surface area contributed by atoms with Crippen molar-refractivity contribution in [3.63, 3.8) is 0 Å². The van der Waals surface area contributed by atoms with Gasteiger partial charge in [0.05, 0.1) is 4.47 Å². The van der Waals surface area contributed by atoms with Gasteiger partial charge < -0.3 is 16.0 Å². The number of aromatic nitrogens is 2. The highest BCUT2D eigenvalue weighted by Gasteiger charge is 2.15. The van der Waals surface area contributed by atoms with Crippen LogP contribution in [0.25, 0.3) is 0 Å². The molecule has 0 aromatic carbocycles. The molecule has 0 aliphatic carbocycles. The van der Waals surface area contributed by atoms with Gasteiger partial charge in [-0.3, -0.25) is 4.79 Å². The van der Waals surface area contributed by atoms with E-state index in [-0.39, 0.29) is 18.0 Å². The molecule has 1 aromatic rings. The van der Waals surface area contributed by atoms with E-state index in [1.54, 1.807) is 20.2 Å². The molecule has 0 fully saturated rings. The van der Waals surface area contributed by atoms with Crippen molar-refractivity contribution in [2.75, 3.05) is 17.7 Å². The summed E-state index contributed by atoms with van der Waals surface area (Å²) in [4.78, 5) is 20.1. The zero-order valence-electron chi connectivity index (χ0n) is 10.9. The van der Waals surface area contributed by atoms with Gasteiger partial charge in [-0.05, 0) is 36.7 Å². The van der Waals surface area contributed by atoms with Crippen LogP contribution in [-0.4, -0.2) is 35.0 Å². The second kappa shape index (κ2) is 6.53. The second-order valence-electron chi connectivity index (χ2n) is 4.17. The Morgan fingerprint density at radius 1 is 1.39 bits per heavy atom. The fraction of sp³-hybridized carbons (Fsp3) is 0.545. The van der Waals surface area contributed by atoms with Crippen LogP contribution in [0, 0.1) is 0 Å². The summed E-state index contributed by atoms with van der Waals surface area (Å²) in [6, 6.07) is -0.258. The van der Waals surface area contributed by atoms with Crippen LogP contribution in [0.15, 0.2) is 10.7 Å². The number of halogens is 1. The smallest absolute Gasteiger partial charge is 0.242 e. The topological polar surface area (TPSA) is 78.9 Å². The summed E-state index contributed by atoms with van der Waals surface area (Å²) in [5, 5.41) is 8.72. The van der Waals surface area contributed by atoms with Crippen LogP contribution in [0.2, 0.25) is 0 Å². The van der Waals surface area contributed by atoms with Crippen molar-refractivity contribution in [2.24, 2.45) is 0 Å². The molecule has 0 radical (unpaired) electrons. The zero-order chi connectivity index (χ0) is 13.7. The number of hydrogen-bond acceptors (Lipinski definition) is 5. The summed E-state index contributed by atoms with van der Waals surface area (Å²) in [5.74, 6) is 1.01. The molecule has 0 spiro atoms. The van der Waals surface area contributed by atoms with Gasteiger partial charge in [-0.25, -0.2) is 4.98 Å². The van der Waals surface area contributed by atoms with Crippen LogP contribution in [-0.2, 0) is 4.79 Å². The van der Waals surface area contributed by atoms with Gasteiger partial charge in [0, 0.05) is 19.3 Å². The van der Waals surface area contributed by atoms with Crippen LogP contribution in [0.5, 0.6) is 0 Å². The first-order chi connectivity index (χ1) is 8.43. The van der Waals surface area contributed by atoms with Gasteiger partial charge in [-0.2, -0.15) is 4.98 Å². The molecule has 7 heteroatoms. The highest BCUT2D eigenvalue weighted by atomic mass is 79.9. The molecule has 1 unspecified atom stereocenters. The minimum Gasteiger partial charge on any atom is -0.358 e. The van der Waals surface area contributed by atoms with Crippen molar-refractivity contribution in [2.45, 2.75) is 32.9 Å². The average Bonchev–Trinajstić information content (AvgIpc) is 2.31. The minimum atomic E-state index is -0.372. The number of nitrogens with one attached hydrogen (secondary N) is 3. The lowest BCUT2D eigenvalue weighted by atomic mass is 10.3. The maximum absolute atomic E-state index is 11.8. The van der Waals surface area contributed by atoms with E-state index in [0.717, 1.165) is 0 Å². The summed E-state index contributed by atoms with van der Waals surface area (Å²) < 4.78 is 0.714. The standard InChI is InChI=1S/C11H18BrN5O/c1-6(2)15-10(18)7(3)16-9-8(12)5-14-11(13-4)17-9/h5-7H,1-4H3,(H,15,18)(H2,13,14,16,17). The molecule has 1 amide bonds. The molecular formula is C11H18BrN5O. The van der Waals surface area contributed by atoms with E-state index in [1.807, 2.05) is 13.8 Å². The number of anilines is 2. The molecule has 18 heavy (non-hydrogen) atoms. The molecule has 0 bridgehead atoms. The average molecular weight is 316 g/mol. The highest BCUT2D eigenvalue weighted by Crippen LogP contribution is 2.20. The Hall–Kier alpha value is -1.37. The van der Waals surface area contributed by atoms with Crippen molar-refractivity contribution in [1.29, 1.82) is 0 Å². The van der Waals surface area contributed by atoms with E-state index >= 15 is 0 Å². The molecule has 0 saturated carbocycles. The zero-order valence-corrected chi connectivity index (χ0v) is 12.5. The summed E-state index contributed by atoms with van der Waals surface area (Å²) in [6.07, 6.45) is 1.63. The maximum Gasteiger partial charge on any atom is 0.242 e. The largest absolute Gasteiger partial charge is 0.358 e. The minimum absolute atomic E-state index is 0.0680. The molecule has 100 valence electrons. The third-order valence-corrected chi connectivity index (χ3v) is 2.73. The van der Waals surface area contributed by atoms with Gasteiger partial charge in [0.2, 0.25) is 11.9 Å². The van der Waals surface area contributed by atoms with Crippen LogP contribution in [0.3, 0.4) is 0 Å². The van der Waals surface area contributed by atoms with Crippen molar-refractivity contribution < 1.29 is 4.79 Å². The first kappa shape index (κ1) is 14.7. The van der Waals surface area contributed by atoms with E-state index in [1.165, 1.54) is 0 Å². The number of amides is 1. The SMILES string of the molecule is CNc1ncc(Br)c(NC(C)C(=O)NC(C)C)n1. The number of carbonyl (C=O) groups is 1. The molecule has 0 aliphatic rings. The summed E-state index contributed by atoms with van der Waals surface area (Å²) >= 11 is 3.34. The first-order valence-corrected chi connectivity index (χ1v) is 6.50. The fourth-order valence-electron chi connectivity index (χ4n) is 1.27. The fourth-order valence-corrected chi connectivity index (χ4v) is 1.57. The number of hydrogen-bond donors (Lipinski definition) is 3. The van der Waals surface area contributed by atoms with Crippen LogP contribution in [0.4, 0.5) is 11.8 Å². The quantitative estimate of drug-likeness (QED) is 0.769. The summed E-state index contributed by atoms with van der Waals surface area (Å²) in [5.41, 5.74) is 0. The molecule has 1 atom stereocenters. The van der Waals surface area contributed by atoms with E-state index in [4.69, 9.17) is 0 Å². The predicted molar refractivity (Wildman–Crippen MR) is 75.6 cm³/mol. The molecule has 1 rings (SSSR count). The van der Waals surface area contributed by atoms with E-state index in [9.17, 15) is 4.79 Å². The summed E-state index contributed by atoms with van der Waals surface area (Å²) in [7, 11) is 1.74. The third kappa shape index (κ3) is 4.14. The Morgan fingerprint density at radius 3 is 2.61 bits per heavy atom.